The standard InChI is InChI=1S/C20H25F3N5O2PS/c1-12(2)30-14-4-6-15(7-5-14)32-18-16-17(26-19(24)27-18)28(10-25-16)8-13(3)29-11-31-9-20(21,22)23/h4-7,10,12-13,31H,8-9,11H2,1-3H3,(H2,24,26,27). The third kappa shape index (κ3) is 7.21. The van der Waals surface area contributed by atoms with Crippen molar-refractivity contribution in [3.8, 4) is 5.75 Å². The smallest absolute Gasteiger partial charge is 0.392 e. The van der Waals surface area contributed by atoms with Crippen LogP contribution in [0.3, 0.4) is 0 Å². The third-order valence-electron chi connectivity index (χ3n) is 4.11. The Balaban J connectivity index is 1.68. The summed E-state index contributed by atoms with van der Waals surface area (Å²) >= 11 is 1.41. The Morgan fingerprint density at radius 1 is 1.16 bits per heavy atom. The van der Waals surface area contributed by atoms with Crippen LogP contribution in [0.15, 0.2) is 40.5 Å². The first-order valence-electron chi connectivity index (χ1n) is 9.92. The average molecular weight is 487 g/mol. The second kappa shape index (κ2) is 10.7. The number of nitrogen functional groups attached to an aromatic ring is 1. The molecule has 0 aliphatic carbocycles. The predicted molar refractivity (Wildman–Crippen MR) is 121 cm³/mol. The summed E-state index contributed by atoms with van der Waals surface area (Å²) in [5.41, 5.74) is 7.07. The fourth-order valence-electron chi connectivity index (χ4n) is 2.83. The zero-order valence-corrected chi connectivity index (χ0v) is 19.7. The van der Waals surface area contributed by atoms with Crippen LogP contribution in [-0.4, -0.2) is 50.4 Å². The van der Waals surface area contributed by atoms with Gasteiger partial charge in [-0.3, -0.25) is 0 Å². The van der Waals surface area contributed by atoms with Gasteiger partial charge in [-0.15, -0.1) is 0 Å². The van der Waals surface area contributed by atoms with E-state index >= 15 is 0 Å². The molecule has 0 aliphatic rings. The van der Waals surface area contributed by atoms with E-state index in [0.29, 0.717) is 22.7 Å². The number of halogens is 3. The number of anilines is 1. The maximum Gasteiger partial charge on any atom is 0.392 e. The molecule has 2 heterocycles. The molecule has 2 N–H and O–H groups in total. The number of ether oxygens (including phenoxy) is 2. The monoisotopic (exact) mass is 487 g/mol. The molecule has 174 valence electrons. The highest BCUT2D eigenvalue weighted by Gasteiger charge is 2.26. The van der Waals surface area contributed by atoms with Gasteiger partial charge in [0.1, 0.15) is 16.3 Å². The van der Waals surface area contributed by atoms with E-state index in [4.69, 9.17) is 15.2 Å². The van der Waals surface area contributed by atoms with E-state index < -0.39 is 12.3 Å². The lowest BCUT2D eigenvalue weighted by Gasteiger charge is -2.14. The van der Waals surface area contributed by atoms with Gasteiger partial charge >= 0.3 is 6.18 Å². The first-order chi connectivity index (χ1) is 15.1. The molecule has 2 atom stereocenters. The van der Waals surface area contributed by atoms with Gasteiger partial charge < -0.3 is 19.8 Å². The molecule has 7 nitrogen and oxygen atoms in total. The van der Waals surface area contributed by atoms with E-state index in [-0.39, 0.29) is 33.1 Å². The Kier molecular flexibility index (Phi) is 8.19. The van der Waals surface area contributed by atoms with Crippen LogP contribution < -0.4 is 10.5 Å². The van der Waals surface area contributed by atoms with E-state index in [0.717, 1.165) is 10.6 Å². The van der Waals surface area contributed by atoms with Gasteiger partial charge in [-0.05, 0) is 45.0 Å². The van der Waals surface area contributed by atoms with Crippen molar-refractivity contribution in [3.63, 3.8) is 0 Å². The Hall–Kier alpha value is -2.10. The van der Waals surface area contributed by atoms with E-state index in [1.165, 1.54) is 11.8 Å². The van der Waals surface area contributed by atoms with Crippen molar-refractivity contribution in [2.24, 2.45) is 0 Å². The van der Waals surface area contributed by atoms with Crippen LogP contribution in [0.1, 0.15) is 20.8 Å². The molecule has 0 aliphatic heterocycles. The van der Waals surface area contributed by atoms with Crippen LogP contribution in [0.4, 0.5) is 19.1 Å². The van der Waals surface area contributed by atoms with Crippen LogP contribution >= 0.6 is 20.3 Å². The van der Waals surface area contributed by atoms with Crippen LogP contribution in [-0.2, 0) is 11.3 Å². The molecular weight excluding hydrogens is 462 g/mol. The van der Waals surface area contributed by atoms with Crippen molar-refractivity contribution in [3.05, 3.63) is 30.6 Å². The number of imidazole rings is 1. The van der Waals surface area contributed by atoms with Gasteiger partial charge in [0.05, 0.1) is 37.6 Å². The topological polar surface area (TPSA) is 88.1 Å². The highest BCUT2D eigenvalue weighted by Crippen LogP contribution is 2.32. The fourth-order valence-corrected chi connectivity index (χ4v) is 4.50. The summed E-state index contributed by atoms with van der Waals surface area (Å²) in [4.78, 5) is 14.0. The minimum Gasteiger partial charge on any atom is -0.491 e. The van der Waals surface area contributed by atoms with Gasteiger partial charge in [-0.1, -0.05) is 20.3 Å². The van der Waals surface area contributed by atoms with Crippen molar-refractivity contribution in [2.45, 2.75) is 55.6 Å². The van der Waals surface area contributed by atoms with Crippen LogP contribution in [0.5, 0.6) is 5.75 Å². The van der Waals surface area contributed by atoms with E-state index in [9.17, 15) is 13.2 Å². The van der Waals surface area contributed by atoms with Crippen molar-refractivity contribution in [1.29, 1.82) is 0 Å². The summed E-state index contributed by atoms with van der Waals surface area (Å²) in [6, 6.07) is 7.64. The normalized spacial score (nSPS) is 13.5. The molecule has 3 aromatic rings. The summed E-state index contributed by atoms with van der Waals surface area (Å²) in [6.07, 6.45) is -3.54. The van der Waals surface area contributed by atoms with Gasteiger partial charge in [-0.2, -0.15) is 18.2 Å². The van der Waals surface area contributed by atoms with Crippen LogP contribution in [0, 0.1) is 0 Å². The minimum atomic E-state index is -4.16. The molecule has 12 heteroatoms. The average Bonchev–Trinajstić information content (AvgIpc) is 3.08. The largest absolute Gasteiger partial charge is 0.491 e. The van der Waals surface area contributed by atoms with Crippen LogP contribution in [0.2, 0.25) is 0 Å². The summed E-state index contributed by atoms with van der Waals surface area (Å²) in [5, 5.41) is 0.615. The van der Waals surface area contributed by atoms with E-state index in [2.05, 4.69) is 15.0 Å². The first kappa shape index (κ1) is 24.5. The van der Waals surface area contributed by atoms with E-state index in [1.807, 2.05) is 38.1 Å². The lowest BCUT2D eigenvalue weighted by Crippen LogP contribution is -2.17. The summed E-state index contributed by atoms with van der Waals surface area (Å²) in [5.74, 6) is 0.896. The lowest BCUT2D eigenvalue weighted by atomic mass is 10.3. The van der Waals surface area contributed by atoms with Crippen molar-refractivity contribution in [1.82, 2.24) is 19.5 Å². The molecule has 0 fully saturated rings. The molecule has 0 amide bonds. The molecule has 3 rings (SSSR count). The molecule has 2 aromatic heterocycles. The Morgan fingerprint density at radius 2 is 1.88 bits per heavy atom. The highest BCUT2D eigenvalue weighted by molar-refractivity contribution is 7.99. The molecule has 0 radical (unpaired) electrons. The van der Waals surface area contributed by atoms with E-state index in [1.54, 1.807) is 17.8 Å². The number of hydrogen-bond donors (Lipinski definition) is 1. The molecule has 0 spiro atoms. The third-order valence-corrected chi connectivity index (χ3v) is 6.12. The summed E-state index contributed by atoms with van der Waals surface area (Å²) in [7, 11) is -0.327. The molecule has 0 saturated heterocycles. The molecule has 0 saturated carbocycles. The SMILES string of the molecule is CC(C)Oc1ccc(Sc2nc(N)nc3c2ncn3CC(C)OCPCC(F)(F)F)cc1. The molecule has 32 heavy (non-hydrogen) atoms. The first-order valence-corrected chi connectivity index (χ1v) is 12.2. The van der Waals surface area contributed by atoms with Crippen molar-refractivity contribution in [2.75, 3.05) is 18.2 Å². The predicted octanol–water partition coefficient (Wildman–Crippen LogP) is 4.95. The molecular formula is C20H25F3N5O2PS. The second-order valence-electron chi connectivity index (χ2n) is 7.36. The molecule has 0 bridgehead atoms. The van der Waals surface area contributed by atoms with Crippen LogP contribution in [0.25, 0.3) is 11.2 Å². The number of alkyl halides is 3. The minimum absolute atomic E-state index is 0.0576. The Morgan fingerprint density at radius 3 is 2.53 bits per heavy atom. The van der Waals surface area contributed by atoms with Crippen molar-refractivity contribution < 1.29 is 22.6 Å². The molecule has 2 unspecified atom stereocenters. The Labute approximate surface area is 190 Å². The van der Waals surface area contributed by atoms with Gasteiger partial charge in [0.15, 0.2) is 5.65 Å². The quantitative estimate of drug-likeness (QED) is 0.246. The number of aromatic nitrogens is 4. The second-order valence-corrected chi connectivity index (χ2v) is 9.56. The number of rotatable bonds is 10. The number of fused-ring (bicyclic) bond motifs is 1. The Bertz CT molecular complexity index is 1030. The number of hydrogen-bond acceptors (Lipinski definition) is 7. The number of nitrogens with two attached hydrogens (primary N) is 1. The lowest BCUT2D eigenvalue weighted by molar-refractivity contribution is -0.106. The van der Waals surface area contributed by atoms with Crippen molar-refractivity contribution >= 4 is 37.5 Å². The fraction of sp³-hybridized carbons (Fsp3) is 0.450. The number of nitrogens with zero attached hydrogens (tertiary/aromatic N) is 4. The van der Waals surface area contributed by atoms with Gasteiger partial charge in [0.2, 0.25) is 5.95 Å². The maximum absolute atomic E-state index is 12.3. The summed E-state index contributed by atoms with van der Waals surface area (Å²) in [6.45, 7) is 6.11. The zero-order chi connectivity index (χ0) is 23.3. The van der Waals surface area contributed by atoms with Gasteiger partial charge in [-0.25, -0.2) is 9.97 Å². The number of benzene rings is 1. The molecule has 1 aromatic carbocycles. The summed E-state index contributed by atoms with van der Waals surface area (Å²) < 4.78 is 49.8. The van der Waals surface area contributed by atoms with Gasteiger partial charge in [0.25, 0.3) is 0 Å². The maximum atomic E-state index is 12.3. The zero-order valence-electron chi connectivity index (χ0n) is 17.9. The van der Waals surface area contributed by atoms with Gasteiger partial charge in [0, 0.05) is 4.90 Å². The highest BCUT2D eigenvalue weighted by atomic mass is 32.2.